The molecule has 0 radical (unpaired) electrons. The van der Waals surface area contributed by atoms with Gasteiger partial charge in [-0.1, -0.05) is 88.3 Å². The Balaban J connectivity index is 1.86. The summed E-state index contributed by atoms with van der Waals surface area (Å²) < 4.78 is 10.6. The molecule has 12 heteroatoms. The molecule has 0 aromatic heterocycles. The van der Waals surface area contributed by atoms with Gasteiger partial charge in [-0.3, -0.25) is 19.7 Å². The Morgan fingerprint density at radius 2 is 1.32 bits per heavy atom. The molecule has 0 N–H and O–H groups in total. The number of nitro benzene ring substituents is 1. The van der Waals surface area contributed by atoms with E-state index in [2.05, 4.69) is 0 Å². The molecule has 3 rings (SSSR count). The fraction of sp³-hybridized carbons (Fsp3) is 0.0909. The maximum atomic E-state index is 13.1. The first-order chi connectivity index (χ1) is 16.1. The third kappa shape index (κ3) is 5.74. The minimum absolute atomic E-state index is 0.116. The number of ether oxygens (including phenoxy) is 2. The summed E-state index contributed by atoms with van der Waals surface area (Å²) in [6.45, 7) is -0.243. The largest absolute Gasteiger partial charge is 0.460 e. The molecule has 3 aromatic rings. The quantitative estimate of drug-likeness (QED) is 0.0570. The number of esters is 2. The van der Waals surface area contributed by atoms with E-state index >= 15 is 0 Å². The van der Waals surface area contributed by atoms with Crippen molar-refractivity contribution >= 4 is 75.6 Å². The normalized spacial score (nSPS) is 11.6. The lowest BCUT2D eigenvalue weighted by atomic mass is 9.99. The second-order valence-corrected chi connectivity index (χ2v) is 8.58. The molecule has 0 fully saturated rings. The number of non-ortho nitro benzene ring substituents is 1. The Morgan fingerprint density at radius 1 is 0.794 bits per heavy atom. The number of hydrogen-bond donors (Lipinski definition) is 0. The molecular formula is C22H12Cl5NO6. The van der Waals surface area contributed by atoms with Crippen molar-refractivity contribution in [3.05, 3.63) is 101 Å². The smallest absolute Gasteiger partial charge is 0.330 e. The van der Waals surface area contributed by atoms with E-state index < -0.39 is 22.8 Å². The number of benzene rings is 3. The molecule has 0 spiro atoms. The van der Waals surface area contributed by atoms with Gasteiger partial charge in [0, 0.05) is 12.1 Å². The lowest BCUT2D eigenvalue weighted by Gasteiger charge is -2.18. The van der Waals surface area contributed by atoms with E-state index in [0.717, 1.165) is 0 Å². The van der Waals surface area contributed by atoms with Crippen molar-refractivity contribution in [1.29, 1.82) is 0 Å². The zero-order chi connectivity index (χ0) is 25.0. The van der Waals surface area contributed by atoms with E-state index in [0.29, 0.717) is 5.56 Å². The molecule has 0 bridgehead atoms. The first kappa shape index (κ1) is 26.1. The summed E-state index contributed by atoms with van der Waals surface area (Å²) in [5, 5.41) is 9.77. The number of hydrogen-bond acceptors (Lipinski definition) is 6. The van der Waals surface area contributed by atoms with Gasteiger partial charge in [0.25, 0.3) is 5.69 Å². The minimum Gasteiger partial charge on any atom is -0.460 e. The summed E-state index contributed by atoms with van der Waals surface area (Å²) in [4.78, 5) is 36.2. The Morgan fingerprint density at radius 3 is 1.85 bits per heavy atom. The molecule has 0 saturated carbocycles. The van der Waals surface area contributed by atoms with Crippen LogP contribution in [0.25, 0.3) is 0 Å². The summed E-state index contributed by atoms with van der Waals surface area (Å²) in [7, 11) is 0. The molecule has 1 atom stereocenters. The van der Waals surface area contributed by atoms with E-state index in [1.165, 1.54) is 36.4 Å². The van der Waals surface area contributed by atoms with Crippen LogP contribution in [0.1, 0.15) is 17.0 Å². The fourth-order valence-corrected chi connectivity index (χ4v) is 4.00. The Labute approximate surface area is 218 Å². The highest BCUT2D eigenvalue weighted by atomic mass is 35.5. The number of rotatable bonds is 7. The first-order valence-corrected chi connectivity index (χ1v) is 11.2. The van der Waals surface area contributed by atoms with Gasteiger partial charge < -0.3 is 9.47 Å². The van der Waals surface area contributed by atoms with Crippen LogP contribution in [0.2, 0.25) is 25.1 Å². The molecule has 34 heavy (non-hydrogen) atoms. The Kier molecular flexibility index (Phi) is 8.62. The minimum atomic E-state index is -1.51. The van der Waals surface area contributed by atoms with Gasteiger partial charge in [0.15, 0.2) is 11.7 Å². The molecule has 0 aliphatic carbocycles. The zero-order valence-corrected chi connectivity index (χ0v) is 20.5. The third-order valence-electron chi connectivity index (χ3n) is 4.50. The highest BCUT2D eigenvalue weighted by Crippen LogP contribution is 2.48. The van der Waals surface area contributed by atoms with Crippen LogP contribution in [-0.2, 0) is 20.9 Å². The third-order valence-corrected chi connectivity index (χ3v) is 6.75. The van der Waals surface area contributed by atoms with Gasteiger partial charge in [0.05, 0.1) is 20.0 Å². The van der Waals surface area contributed by atoms with Crippen LogP contribution >= 0.6 is 58.0 Å². The number of nitro groups is 1. The van der Waals surface area contributed by atoms with Crippen molar-refractivity contribution in [3.8, 4) is 5.75 Å². The number of nitrogens with zero attached hydrogens (tertiary/aromatic N) is 1. The molecule has 0 amide bonds. The Bertz CT molecular complexity index is 1220. The molecule has 1 unspecified atom stereocenters. The van der Waals surface area contributed by atoms with Crippen molar-refractivity contribution < 1.29 is 24.0 Å². The van der Waals surface area contributed by atoms with Crippen molar-refractivity contribution in [2.45, 2.75) is 12.5 Å². The molecule has 3 aromatic carbocycles. The van der Waals surface area contributed by atoms with Gasteiger partial charge in [0.1, 0.15) is 16.7 Å². The number of halogens is 5. The SMILES string of the molecule is O=C(OCc1ccc([N+](=O)[O-])cc1)C(C(=O)Oc1c(Cl)c(Cl)c(Cl)c(Cl)c1Cl)c1ccccc1. The average molecular weight is 564 g/mol. The van der Waals surface area contributed by atoms with Crippen LogP contribution < -0.4 is 4.74 Å². The van der Waals surface area contributed by atoms with Crippen molar-refractivity contribution in [2.75, 3.05) is 0 Å². The molecule has 0 saturated heterocycles. The van der Waals surface area contributed by atoms with E-state index in [4.69, 9.17) is 67.5 Å². The first-order valence-electron chi connectivity index (χ1n) is 9.29. The van der Waals surface area contributed by atoms with Crippen LogP contribution in [-0.4, -0.2) is 16.9 Å². The number of carbonyl (C=O) groups excluding carboxylic acids is 2. The van der Waals surface area contributed by atoms with Crippen LogP contribution in [0, 0.1) is 10.1 Å². The molecule has 7 nitrogen and oxygen atoms in total. The molecular weight excluding hydrogens is 552 g/mol. The highest BCUT2D eigenvalue weighted by molar-refractivity contribution is 6.55. The highest BCUT2D eigenvalue weighted by Gasteiger charge is 2.34. The van der Waals surface area contributed by atoms with E-state index in [1.54, 1.807) is 18.2 Å². The summed E-state index contributed by atoms with van der Waals surface area (Å²) in [5.41, 5.74) is 0.635. The standard InChI is InChI=1S/C22H12Cl5NO6/c23-15-16(24)18(26)20(19(27)17(15)25)34-22(30)14(12-4-2-1-3-5-12)21(29)33-10-11-6-8-13(9-7-11)28(31)32/h1-9,14H,10H2. The predicted octanol–water partition coefficient (Wildman–Crippen LogP) is 7.29. The lowest BCUT2D eigenvalue weighted by molar-refractivity contribution is -0.384. The van der Waals surface area contributed by atoms with E-state index in [1.807, 2.05) is 0 Å². The van der Waals surface area contributed by atoms with Crippen LogP contribution in [0.15, 0.2) is 54.6 Å². The van der Waals surface area contributed by atoms with Crippen LogP contribution in [0.4, 0.5) is 5.69 Å². The second kappa shape index (κ2) is 11.3. The zero-order valence-electron chi connectivity index (χ0n) is 16.8. The van der Waals surface area contributed by atoms with E-state index in [-0.39, 0.29) is 48.7 Å². The lowest BCUT2D eigenvalue weighted by Crippen LogP contribution is -2.28. The van der Waals surface area contributed by atoms with Gasteiger partial charge in [-0.15, -0.1) is 0 Å². The van der Waals surface area contributed by atoms with Crippen molar-refractivity contribution in [1.82, 2.24) is 0 Å². The summed E-state index contributed by atoms with van der Waals surface area (Å²) >= 11 is 30.2. The summed E-state index contributed by atoms with van der Waals surface area (Å²) in [5.74, 6) is -3.87. The second-order valence-electron chi connectivity index (χ2n) is 6.70. The fourth-order valence-electron chi connectivity index (χ4n) is 2.80. The predicted molar refractivity (Wildman–Crippen MR) is 129 cm³/mol. The summed E-state index contributed by atoms with van der Waals surface area (Å²) in [6, 6.07) is 13.4. The van der Waals surface area contributed by atoms with Gasteiger partial charge in [0.2, 0.25) is 0 Å². The maximum absolute atomic E-state index is 13.1. The van der Waals surface area contributed by atoms with Crippen molar-refractivity contribution in [2.24, 2.45) is 0 Å². The summed E-state index contributed by atoms with van der Waals surface area (Å²) in [6.07, 6.45) is 0. The topological polar surface area (TPSA) is 95.7 Å². The molecule has 0 aliphatic rings. The molecule has 176 valence electrons. The van der Waals surface area contributed by atoms with Crippen molar-refractivity contribution in [3.63, 3.8) is 0 Å². The van der Waals surface area contributed by atoms with Crippen LogP contribution in [0.5, 0.6) is 5.75 Å². The van der Waals surface area contributed by atoms with E-state index in [9.17, 15) is 19.7 Å². The molecule has 0 aliphatic heterocycles. The van der Waals surface area contributed by atoms with Gasteiger partial charge in [-0.2, -0.15) is 0 Å². The molecule has 0 heterocycles. The van der Waals surface area contributed by atoms with Crippen LogP contribution in [0.3, 0.4) is 0 Å². The van der Waals surface area contributed by atoms with Gasteiger partial charge in [-0.25, -0.2) is 0 Å². The number of carbonyl (C=O) groups is 2. The monoisotopic (exact) mass is 561 g/mol. The maximum Gasteiger partial charge on any atom is 0.330 e. The Hall–Kier alpha value is -2.55. The van der Waals surface area contributed by atoms with Gasteiger partial charge >= 0.3 is 11.9 Å². The average Bonchev–Trinajstić information content (AvgIpc) is 2.84. The van der Waals surface area contributed by atoms with Gasteiger partial charge in [-0.05, 0) is 23.3 Å².